The summed E-state index contributed by atoms with van der Waals surface area (Å²) < 4.78 is 2.05. The molecule has 4 aromatic rings. The molecule has 6 heterocycles. The number of fused-ring (bicyclic) bond motifs is 8. The predicted octanol–water partition coefficient (Wildman–Crippen LogP) is 5.07. The van der Waals surface area contributed by atoms with Crippen LogP contribution in [0.5, 0.6) is 0 Å². The van der Waals surface area contributed by atoms with E-state index in [4.69, 9.17) is 0 Å². The van der Waals surface area contributed by atoms with Gasteiger partial charge >= 0.3 is 0 Å². The number of nitrogens with zero attached hydrogens (tertiary/aromatic N) is 7. The van der Waals surface area contributed by atoms with Gasteiger partial charge in [0, 0.05) is 22.8 Å². The Morgan fingerprint density at radius 3 is 2.33 bits per heavy atom. The van der Waals surface area contributed by atoms with E-state index in [9.17, 15) is 9.59 Å². The molecule has 45 heavy (non-hydrogen) atoms. The molecule has 4 aromatic heterocycles. The number of hydrogen-bond acceptors (Lipinski definition) is 12. The van der Waals surface area contributed by atoms with E-state index in [1.54, 1.807) is 48.0 Å². The Hall–Kier alpha value is -3.95. The van der Waals surface area contributed by atoms with Gasteiger partial charge in [-0.05, 0) is 60.4 Å². The van der Waals surface area contributed by atoms with Gasteiger partial charge in [0.25, 0.3) is 0 Å². The summed E-state index contributed by atoms with van der Waals surface area (Å²) in [5.74, 6) is 2.13. The summed E-state index contributed by atoms with van der Waals surface area (Å²) in [4.78, 5) is 37.4. The molecule has 1 aliphatic carbocycles. The van der Waals surface area contributed by atoms with Crippen molar-refractivity contribution in [2.75, 3.05) is 27.0 Å². The molecule has 12 nitrogen and oxygen atoms in total. The highest BCUT2D eigenvalue weighted by Gasteiger charge is 2.45. The van der Waals surface area contributed by atoms with E-state index in [1.165, 1.54) is 39.5 Å². The van der Waals surface area contributed by atoms with Gasteiger partial charge in [-0.2, -0.15) is 5.10 Å². The summed E-state index contributed by atoms with van der Waals surface area (Å²) >= 11 is 4.44. The molecule has 0 spiro atoms. The van der Waals surface area contributed by atoms with E-state index >= 15 is 0 Å². The number of thioether (sulfide) groups is 2. The van der Waals surface area contributed by atoms with Gasteiger partial charge in [-0.1, -0.05) is 56.4 Å². The number of carbonyl (C=O) groups excluding carboxylic acids is 2. The van der Waals surface area contributed by atoms with Crippen molar-refractivity contribution >= 4 is 69.4 Å². The molecule has 0 bridgehead atoms. The lowest BCUT2D eigenvalue weighted by molar-refractivity contribution is -0.114. The van der Waals surface area contributed by atoms with Gasteiger partial charge in [0.1, 0.15) is 16.6 Å². The zero-order chi connectivity index (χ0) is 31.1. The van der Waals surface area contributed by atoms with Crippen molar-refractivity contribution in [2.24, 2.45) is 16.4 Å². The summed E-state index contributed by atoms with van der Waals surface area (Å²) in [6.07, 6.45) is 6.14. The zero-order valence-electron chi connectivity index (χ0n) is 25.0. The molecule has 0 aromatic carbocycles. The van der Waals surface area contributed by atoms with Crippen LogP contribution >= 0.6 is 34.9 Å². The number of amidine groups is 1. The second-order valence-corrected chi connectivity index (χ2v) is 15.0. The smallest absolute Gasteiger partial charge is 0.241 e. The number of hydrogen-bond donors (Lipinski definition) is 3. The predicted molar refractivity (Wildman–Crippen MR) is 179 cm³/mol. The SMILES string of the molecule is CC(C)(C)[C@H]1CCc2c(sc3c2C2NN=C(SCC(=O)Nc4ccccn4)N2c2nnc(SCC(=O)Nc4ccccn4)n2-3)C1. The summed E-state index contributed by atoms with van der Waals surface area (Å²) in [5.41, 5.74) is 6.08. The Bertz CT molecular complexity index is 1770. The number of nitrogens with one attached hydrogen (secondary N) is 3. The van der Waals surface area contributed by atoms with Gasteiger partial charge in [0.05, 0.1) is 11.5 Å². The van der Waals surface area contributed by atoms with Crippen molar-refractivity contribution in [3.63, 3.8) is 0 Å². The second-order valence-electron chi connectivity index (χ2n) is 12.0. The molecule has 7 rings (SSSR count). The molecular formula is C30H32N10O2S3. The topological polar surface area (TPSA) is 142 Å². The lowest BCUT2D eigenvalue weighted by Crippen LogP contribution is -2.38. The average Bonchev–Trinajstić information content (AvgIpc) is 3.74. The van der Waals surface area contributed by atoms with Crippen molar-refractivity contribution in [2.45, 2.75) is 51.4 Å². The van der Waals surface area contributed by atoms with E-state index in [2.05, 4.69) is 66.7 Å². The third kappa shape index (κ3) is 5.91. The second kappa shape index (κ2) is 12.1. The fraction of sp³-hybridized carbons (Fsp3) is 0.367. The van der Waals surface area contributed by atoms with Crippen molar-refractivity contribution in [1.29, 1.82) is 0 Å². The van der Waals surface area contributed by atoms with Gasteiger partial charge in [-0.3, -0.25) is 19.9 Å². The van der Waals surface area contributed by atoms with Crippen LogP contribution < -0.4 is 21.0 Å². The first kappa shape index (κ1) is 29.7. The molecule has 232 valence electrons. The minimum Gasteiger partial charge on any atom is -0.310 e. The van der Waals surface area contributed by atoms with Crippen molar-refractivity contribution < 1.29 is 9.59 Å². The molecule has 0 saturated heterocycles. The maximum atomic E-state index is 12.8. The van der Waals surface area contributed by atoms with Crippen LogP contribution in [0.15, 0.2) is 59.0 Å². The first-order valence-corrected chi connectivity index (χ1v) is 17.4. The summed E-state index contributed by atoms with van der Waals surface area (Å²) in [5, 5.41) is 21.8. The normalized spacial score (nSPS) is 18.2. The summed E-state index contributed by atoms with van der Waals surface area (Å²) in [7, 11) is 0. The first-order valence-electron chi connectivity index (χ1n) is 14.7. The van der Waals surface area contributed by atoms with Crippen LogP contribution in [-0.2, 0) is 22.4 Å². The van der Waals surface area contributed by atoms with E-state index in [-0.39, 0.29) is 34.9 Å². The van der Waals surface area contributed by atoms with Crippen LogP contribution in [0.3, 0.4) is 0 Å². The number of amides is 2. The molecule has 0 fully saturated rings. The molecule has 1 unspecified atom stereocenters. The number of anilines is 3. The molecular weight excluding hydrogens is 629 g/mol. The lowest BCUT2D eigenvalue weighted by atomic mass is 9.72. The van der Waals surface area contributed by atoms with Crippen LogP contribution in [0.4, 0.5) is 17.6 Å². The molecule has 0 saturated carbocycles. The average molecular weight is 661 g/mol. The third-order valence-electron chi connectivity index (χ3n) is 8.10. The maximum Gasteiger partial charge on any atom is 0.241 e. The standard InChI is InChI=1S/C30H32N10O2S3/c1-30(2,3)17-10-11-18-19(14-17)45-26-24(18)25-35-37-28(43-15-22(41)33-20-8-4-6-12-31-20)39(25)27-36-38-29(40(26)27)44-16-23(42)34-21-9-5-7-13-32-21/h4-9,12-13,17,25,35H,10-11,14-16H2,1-3H3,(H,31,33,41)(H,32,34,42)/t17-,25?/m0/s1. The lowest BCUT2D eigenvalue weighted by Gasteiger charge is -2.35. The van der Waals surface area contributed by atoms with Gasteiger partial charge in [0.2, 0.25) is 17.8 Å². The fourth-order valence-electron chi connectivity index (χ4n) is 5.80. The van der Waals surface area contributed by atoms with E-state index in [0.29, 0.717) is 33.8 Å². The summed E-state index contributed by atoms with van der Waals surface area (Å²) in [6.45, 7) is 6.96. The fourth-order valence-corrected chi connectivity index (χ4v) is 8.82. The number of carbonyl (C=O) groups is 2. The Labute approximate surface area is 272 Å². The molecule has 3 aliphatic rings. The quantitative estimate of drug-likeness (QED) is 0.230. The van der Waals surface area contributed by atoms with Gasteiger partial charge in [-0.25, -0.2) is 14.5 Å². The highest BCUT2D eigenvalue weighted by Crippen LogP contribution is 2.51. The number of aromatic nitrogens is 5. The highest BCUT2D eigenvalue weighted by molar-refractivity contribution is 8.14. The Morgan fingerprint density at radius 1 is 1.00 bits per heavy atom. The highest BCUT2D eigenvalue weighted by atomic mass is 32.2. The molecule has 2 atom stereocenters. The Balaban J connectivity index is 1.17. The molecule has 2 aliphatic heterocycles. The molecule has 15 heteroatoms. The van der Waals surface area contributed by atoms with Gasteiger partial charge in [-0.15, -0.1) is 21.5 Å². The Kier molecular flexibility index (Phi) is 8.00. The third-order valence-corrected chi connectivity index (χ3v) is 11.2. The minimum atomic E-state index is -0.255. The van der Waals surface area contributed by atoms with Crippen LogP contribution in [0, 0.1) is 11.3 Å². The van der Waals surface area contributed by atoms with Crippen molar-refractivity contribution in [3.05, 3.63) is 64.8 Å². The number of hydrazone groups is 1. The van der Waals surface area contributed by atoms with Crippen LogP contribution in [0.2, 0.25) is 0 Å². The van der Waals surface area contributed by atoms with E-state index in [1.807, 2.05) is 17.0 Å². The van der Waals surface area contributed by atoms with Crippen molar-refractivity contribution in [1.82, 2.24) is 30.2 Å². The van der Waals surface area contributed by atoms with E-state index in [0.717, 1.165) is 24.3 Å². The van der Waals surface area contributed by atoms with Crippen LogP contribution in [0.25, 0.3) is 5.00 Å². The zero-order valence-corrected chi connectivity index (χ0v) is 27.4. The van der Waals surface area contributed by atoms with Gasteiger partial charge < -0.3 is 10.6 Å². The van der Waals surface area contributed by atoms with Crippen molar-refractivity contribution in [3.8, 4) is 5.00 Å². The summed E-state index contributed by atoms with van der Waals surface area (Å²) in [6, 6.07) is 10.8. The number of rotatable bonds is 7. The largest absolute Gasteiger partial charge is 0.310 e. The Morgan fingerprint density at radius 2 is 1.69 bits per heavy atom. The molecule has 3 N–H and O–H groups in total. The number of thiophene rings is 1. The van der Waals surface area contributed by atoms with Gasteiger partial charge in [0.15, 0.2) is 16.5 Å². The number of pyridine rings is 2. The minimum absolute atomic E-state index is 0.144. The molecule has 2 amide bonds. The van der Waals surface area contributed by atoms with E-state index < -0.39 is 0 Å². The maximum absolute atomic E-state index is 12.8. The molecule has 0 radical (unpaired) electrons. The van der Waals surface area contributed by atoms with Crippen LogP contribution in [-0.4, -0.2) is 53.2 Å². The first-order chi connectivity index (χ1) is 21.8. The monoisotopic (exact) mass is 660 g/mol. The van der Waals surface area contributed by atoms with Crippen LogP contribution in [0.1, 0.15) is 49.4 Å².